The Morgan fingerprint density at radius 2 is 2.17 bits per heavy atom. The van der Waals surface area contributed by atoms with Crippen molar-refractivity contribution in [1.82, 2.24) is 30.3 Å². The van der Waals surface area contributed by atoms with Crippen molar-refractivity contribution < 1.29 is 23.9 Å². The quantitative estimate of drug-likeness (QED) is 0.488. The molecular weight excluding hydrogens is 414 g/mol. The number of methoxy groups -OCH3 is 2. The summed E-state index contributed by atoms with van der Waals surface area (Å²) in [6.45, 7) is 3.42. The summed E-state index contributed by atoms with van der Waals surface area (Å²) < 4.78 is 16.8. The fraction of sp³-hybridized carbons (Fsp3) is 0.412. The average molecular weight is 435 g/mol. The van der Waals surface area contributed by atoms with Gasteiger partial charge in [-0.2, -0.15) is 21.4 Å². The van der Waals surface area contributed by atoms with Crippen LogP contribution < -0.4 is 10.5 Å². The fourth-order valence-electron chi connectivity index (χ4n) is 2.92. The van der Waals surface area contributed by atoms with E-state index in [1.807, 2.05) is 0 Å². The molecule has 3 rings (SSSR count). The molecule has 30 heavy (non-hydrogen) atoms. The van der Waals surface area contributed by atoms with Crippen molar-refractivity contribution in [2.45, 2.75) is 25.6 Å². The van der Waals surface area contributed by atoms with Gasteiger partial charge in [-0.3, -0.25) is 0 Å². The van der Waals surface area contributed by atoms with E-state index in [2.05, 4.69) is 25.7 Å². The molecular formula is C17H21N7O5S. The van der Waals surface area contributed by atoms with Gasteiger partial charge in [-0.25, -0.2) is 4.79 Å². The number of aromatic hydroxyl groups is 1. The molecule has 0 aliphatic rings. The average Bonchev–Trinajstić information content (AvgIpc) is 3.35. The Morgan fingerprint density at radius 1 is 1.40 bits per heavy atom. The monoisotopic (exact) mass is 435 g/mol. The summed E-state index contributed by atoms with van der Waals surface area (Å²) in [5.41, 5.74) is 7.10. The van der Waals surface area contributed by atoms with Crippen LogP contribution in [0.3, 0.4) is 0 Å². The number of carbonyl (C=O) groups excluding carboxylic acids is 1. The lowest BCUT2D eigenvalue weighted by atomic mass is 10.0. The fourth-order valence-corrected chi connectivity index (χ4v) is 4.05. The topological polar surface area (TPSA) is 164 Å². The first kappa shape index (κ1) is 21.4. The first-order valence-electron chi connectivity index (χ1n) is 8.76. The normalized spacial score (nSPS) is 12.0. The Balaban J connectivity index is 1.88. The minimum Gasteiger partial charge on any atom is -0.507 e. The number of aromatic nitrogens is 6. The molecule has 3 aromatic rings. The van der Waals surface area contributed by atoms with E-state index in [0.29, 0.717) is 34.3 Å². The van der Waals surface area contributed by atoms with Gasteiger partial charge in [-0.15, -0.1) is 0 Å². The Hall–Kier alpha value is -3.35. The molecule has 0 radical (unpaired) electrons. The van der Waals surface area contributed by atoms with Crippen LogP contribution in [0.25, 0.3) is 0 Å². The van der Waals surface area contributed by atoms with Gasteiger partial charge >= 0.3 is 5.97 Å². The molecule has 0 saturated heterocycles. The molecule has 1 aromatic carbocycles. The third kappa shape index (κ3) is 4.15. The van der Waals surface area contributed by atoms with E-state index in [9.17, 15) is 9.90 Å². The zero-order valence-corrected chi connectivity index (χ0v) is 17.6. The van der Waals surface area contributed by atoms with Crippen molar-refractivity contribution in [1.29, 1.82) is 0 Å². The molecule has 0 aliphatic heterocycles. The molecule has 3 N–H and O–H groups in total. The number of esters is 1. The van der Waals surface area contributed by atoms with Crippen LogP contribution in [0.4, 0.5) is 5.95 Å². The van der Waals surface area contributed by atoms with E-state index >= 15 is 0 Å². The van der Waals surface area contributed by atoms with Gasteiger partial charge in [0.1, 0.15) is 17.5 Å². The number of aryl methyl sites for hydroxylation is 1. The molecule has 0 unspecified atom stereocenters. The highest BCUT2D eigenvalue weighted by molar-refractivity contribution is 7.98. The zero-order valence-electron chi connectivity index (χ0n) is 16.8. The maximum Gasteiger partial charge on any atom is 0.338 e. The number of phenols is 1. The van der Waals surface area contributed by atoms with E-state index < -0.39 is 12.0 Å². The summed E-state index contributed by atoms with van der Waals surface area (Å²) in [6, 6.07) is 0.935. The second-order valence-electron chi connectivity index (χ2n) is 6.26. The van der Waals surface area contributed by atoms with Crippen LogP contribution in [0.1, 0.15) is 39.2 Å². The van der Waals surface area contributed by atoms with Crippen molar-refractivity contribution in [3.63, 3.8) is 0 Å². The predicted molar refractivity (Wildman–Crippen MR) is 106 cm³/mol. The van der Waals surface area contributed by atoms with Crippen LogP contribution >= 0.6 is 11.8 Å². The van der Waals surface area contributed by atoms with Gasteiger partial charge in [-0.1, -0.05) is 10.3 Å². The van der Waals surface area contributed by atoms with E-state index in [0.717, 1.165) is 0 Å². The molecule has 0 saturated carbocycles. The Labute approximate surface area is 175 Å². The number of thioether (sulfide) groups is 1. The third-order valence-electron chi connectivity index (χ3n) is 4.40. The lowest BCUT2D eigenvalue weighted by Crippen LogP contribution is -2.18. The number of nitrogen functional groups attached to an aromatic ring is 1. The smallest absolute Gasteiger partial charge is 0.338 e. The largest absolute Gasteiger partial charge is 0.507 e. The molecule has 2 heterocycles. The van der Waals surface area contributed by atoms with Gasteiger partial charge in [0.2, 0.25) is 5.95 Å². The van der Waals surface area contributed by atoms with Crippen molar-refractivity contribution in [2.24, 2.45) is 0 Å². The molecule has 2 aromatic heterocycles. The highest BCUT2D eigenvalue weighted by atomic mass is 32.2. The highest BCUT2D eigenvalue weighted by Crippen LogP contribution is 2.36. The second-order valence-corrected chi connectivity index (χ2v) is 7.29. The maximum atomic E-state index is 12.3. The van der Waals surface area contributed by atoms with Gasteiger partial charge in [0, 0.05) is 28.7 Å². The van der Waals surface area contributed by atoms with Crippen LogP contribution in [0, 0.1) is 13.8 Å². The van der Waals surface area contributed by atoms with Gasteiger partial charge in [0.15, 0.2) is 5.82 Å². The summed E-state index contributed by atoms with van der Waals surface area (Å²) in [5.74, 6) is 1.26. The number of hydrogen-bond acceptors (Lipinski definition) is 12. The number of nitrogens with zero attached hydrogens (tertiary/aromatic N) is 6. The summed E-state index contributed by atoms with van der Waals surface area (Å²) in [4.78, 5) is 16.6. The summed E-state index contributed by atoms with van der Waals surface area (Å²) in [5, 5.41) is 25.4. The van der Waals surface area contributed by atoms with E-state index in [-0.39, 0.29) is 23.0 Å². The van der Waals surface area contributed by atoms with Crippen molar-refractivity contribution in [3.05, 3.63) is 34.5 Å². The molecule has 1 atom stereocenters. The number of tetrazole rings is 1. The van der Waals surface area contributed by atoms with Crippen LogP contribution in [-0.4, -0.2) is 61.4 Å². The second kappa shape index (κ2) is 8.98. The molecule has 0 spiro atoms. The van der Waals surface area contributed by atoms with Gasteiger partial charge in [-0.05, 0) is 24.3 Å². The molecule has 0 fully saturated rings. The van der Waals surface area contributed by atoms with Crippen molar-refractivity contribution in [3.8, 4) is 11.5 Å². The summed E-state index contributed by atoms with van der Waals surface area (Å²) in [6.07, 6.45) is 0. The lowest BCUT2D eigenvalue weighted by Gasteiger charge is -2.17. The zero-order chi connectivity index (χ0) is 21.8. The third-order valence-corrected chi connectivity index (χ3v) is 5.44. The molecule has 0 bridgehead atoms. The molecule has 13 heteroatoms. The number of phenolic OH excluding ortho intramolecular Hbond substituents is 1. The molecule has 160 valence electrons. The number of rotatable bonds is 8. The highest BCUT2D eigenvalue weighted by Gasteiger charge is 2.26. The Morgan fingerprint density at radius 3 is 2.73 bits per heavy atom. The maximum absolute atomic E-state index is 12.3. The summed E-state index contributed by atoms with van der Waals surface area (Å²) >= 11 is 1.40. The minimum atomic E-state index is -0.564. The van der Waals surface area contributed by atoms with Crippen molar-refractivity contribution in [2.75, 3.05) is 25.7 Å². The predicted octanol–water partition coefficient (Wildman–Crippen LogP) is 1.28. The van der Waals surface area contributed by atoms with Crippen LogP contribution in [0.2, 0.25) is 0 Å². The number of anilines is 1. The number of benzene rings is 1. The van der Waals surface area contributed by atoms with Crippen LogP contribution in [0.15, 0.2) is 10.6 Å². The standard InChI is InChI=1S/C17H21N7O5S/c1-8-13(27-3)5-12(25)10(14(8)16(26)28-4)6-30-7-11(15-19-9(2)21-29-15)24-17(18)20-22-23-24/h5,11,25H,6-7H2,1-4H3,(H2,18,20,23)/t11-/m0/s1. The van der Waals surface area contributed by atoms with Gasteiger partial charge in [0.05, 0.1) is 19.8 Å². The first-order chi connectivity index (χ1) is 14.4. The molecule has 12 nitrogen and oxygen atoms in total. The van der Waals surface area contributed by atoms with E-state index in [1.165, 1.54) is 36.7 Å². The summed E-state index contributed by atoms with van der Waals surface area (Å²) in [7, 11) is 2.74. The van der Waals surface area contributed by atoms with Gasteiger partial charge in [0.25, 0.3) is 5.89 Å². The Bertz CT molecular complexity index is 1050. The number of hydrogen-bond donors (Lipinski definition) is 2. The minimum absolute atomic E-state index is 0.0718. The number of carbonyl (C=O) groups is 1. The number of ether oxygens (including phenoxy) is 2. The van der Waals surface area contributed by atoms with Crippen LogP contribution in [0.5, 0.6) is 11.5 Å². The van der Waals surface area contributed by atoms with Crippen LogP contribution in [-0.2, 0) is 10.5 Å². The molecule has 0 amide bonds. The number of nitrogens with two attached hydrogens (primary N) is 1. The van der Waals surface area contributed by atoms with Gasteiger partial charge < -0.3 is 24.8 Å². The Kier molecular flexibility index (Phi) is 6.40. The van der Waals surface area contributed by atoms with E-state index in [4.69, 9.17) is 19.7 Å². The molecule has 0 aliphatic carbocycles. The van der Waals surface area contributed by atoms with E-state index in [1.54, 1.807) is 13.8 Å². The SMILES string of the molecule is COC(=O)c1c(C)c(OC)cc(O)c1CSC[C@@H](c1nc(C)no1)n1nnnc1N. The van der Waals surface area contributed by atoms with Crippen molar-refractivity contribution >= 4 is 23.7 Å². The lowest BCUT2D eigenvalue weighted by molar-refractivity contribution is 0.0598. The first-order valence-corrected chi connectivity index (χ1v) is 9.91.